The average Bonchev–Trinajstić information content (AvgIpc) is 2.93. The first-order valence-corrected chi connectivity index (χ1v) is 6.76. The van der Waals surface area contributed by atoms with Gasteiger partial charge in [0.05, 0.1) is 12.3 Å². The predicted molar refractivity (Wildman–Crippen MR) is 81.5 cm³/mol. The average molecular weight is 266 g/mol. The topological polar surface area (TPSA) is 51.2 Å². The van der Waals surface area contributed by atoms with E-state index in [1.165, 1.54) is 5.56 Å². The molecule has 3 aromatic rings. The first-order valence-electron chi connectivity index (χ1n) is 6.76. The van der Waals surface area contributed by atoms with Crippen molar-refractivity contribution >= 4 is 11.0 Å². The zero-order valence-corrected chi connectivity index (χ0v) is 11.5. The standard InChI is InChI=1S/C17H18N2O/c1-19-17(13-8-6-12(10-18)7-9-13)15-11-20-16-5-3-2-4-14(15)16/h2-9,11,17,19H,10,18H2,1H3. The summed E-state index contributed by atoms with van der Waals surface area (Å²) in [6.07, 6.45) is 1.84. The van der Waals surface area contributed by atoms with Crippen molar-refractivity contribution in [3.63, 3.8) is 0 Å². The van der Waals surface area contributed by atoms with Crippen LogP contribution in [0.1, 0.15) is 22.7 Å². The lowest BCUT2D eigenvalue weighted by atomic mass is 9.97. The Kier molecular flexibility index (Phi) is 3.54. The van der Waals surface area contributed by atoms with Crippen molar-refractivity contribution in [2.45, 2.75) is 12.6 Å². The van der Waals surface area contributed by atoms with Crippen molar-refractivity contribution in [2.75, 3.05) is 7.05 Å². The number of benzene rings is 2. The molecule has 20 heavy (non-hydrogen) atoms. The van der Waals surface area contributed by atoms with Gasteiger partial charge in [0.25, 0.3) is 0 Å². The summed E-state index contributed by atoms with van der Waals surface area (Å²) in [4.78, 5) is 0. The number of nitrogens with one attached hydrogen (secondary N) is 1. The zero-order valence-electron chi connectivity index (χ0n) is 11.5. The SMILES string of the molecule is CNC(c1ccc(CN)cc1)c1coc2ccccc12. The van der Waals surface area contributed by atoms with Crippen LogP contribution in [0.2, 0.25) is 0 Å². The number of hydrogen-bond donors (Lipinski definition) is 2. The third-order valence-electron chi connectivity index (χ3n) is 3.66. The molecule has 3 rings (SSSR count). The number of fused-ring (bicyclic) bond motifs is 1. The molecule has 1 heterocycles. The minimum atomic E-state index is 0.116. The van der Waals surface area contributed by atoms with Gasteiger partial charge in [-0.25, -0.2) is 0 Å². The van der Waals surface area contributed by atoms with E-state index in [4.69, 9.17) is 10.2 Å². The van der Waals surface area contributed by atoms with Gasteiger partial charge in [0.15, 0.2) is 0 Å². The van der Waals surface area contributed by atoms with E-state index in [9.17, 15) is 0 Å². The van der Waals surface area contributed by atoms with Crippen molar-refractivity contribution in [2.24, 2.45) is 5.73 Å². The van der Waals surface area contributed by atoms with E-state index in [1.54, 1.807) is 0 Å². The normalized spacial score (nSPS) is 12.7. The van der Waals surface area contributed by atoms with Crippen molar-refractivity contribution in [1.29, 1.82) is 0 Å². The molecule has 3 N–H and O–H groups in total. The van der Waals surface area contributed by atoms with Gasteiger partial charge in [0.2, 0.25) is 0 Å². The number of furan rings is 1. The molecule has 0 aliphatic rings. The summed E-state index contributed by atoms with van der Waals surface area (Å²) in [6.45, 7) is 0.569. The second-order valence-electron chi connectivity index (χ2n) is 4.85. The Hall–Kier alpha value is -2.10. The highest BCUT2D eigenvalue weighted by Crippen LogP contribution is 2.30. The molecule has 1 unspecified atom stereocenters. The van der Waals surface area contributed by atoms with Gasteiger partial charge in [-0.2, -0.15) is 0 Å². The Morgan fingerprint density at radius 3 is 2.55 bits per heavy atom. The first-order chi connectivity index (χ1) is 9.83. The lowest BCUT2D eigenvalue weighted by molar-refractivity contribution is 0.597. The number of nitrogens with two attached hydrogens (primary N) is 1. The number of hydrogen-bond acceptors (Lipinski definition) is 3. The summed E-state index contributed by atoms with van der Waals surface area (Å²) in [7, 11) is 1.96. The highest BCUT2D eigenvalue weighted by Gasteiger charge is 2.17. The smallest absolute Gasteiger partial charge is 0.134 e. The minimum Gasteiger partial charge on any atom is -0.464 e. The molecule has 1 aromatic heterocycles. The lowest BCUT2D eigenvalue weighted by Crippen LogP contribution is -2.17. The maximum Gasteiger partial charge on any atom is 0.134 e. The minimum absolute atomic E-state index is 0.116. The summed E-state index contributed by atoms with van der Waals surface area (Å²) in [5.41, 5.74) is 10.1. The van der Waals surface area contributed by atoms with Crippen LogP contribution in [0.3, 0.4) is 0 Å². The lowest BCUT2D eigenvalue weighted by Gasteiger charge is -2.16. The highest BCUT2D eigenvalue weighted by molar-refractivity contribution is 5.81. The molecule has 3 nitrogen and oxygen atoms in total. The summed E-state index contributed by atoms with van der Waals surface area (Å²) in [6, 6.07) is 16.6. The van der Waals surface area contributed by atoms with Crippen molar-refractivity contribution < 1.29 is 4.42 Å². The van der Waals surface area contributed by atoms with Gasteiger partial charge >= 0.3 is 0 Å². The summed E-state index contributed by atoms with van der Waals surface area (Å²) in [5, 5.41) is 4.51. The molecule has 0 aliphatic carbocycles. The van der Waals surface area contributed by atoms with Gasteiger partial charge < -0.3 is 15.5 Å². The van der Waals surface area contributed by atoms with E-state index in [2.05, 4.69) is 35.6 Å². The Labute approximate surface area is 118 Å². The van der Waals surface area contributed by atoms with Crippen molar-refractivity contribution in [3.05, 3.63) is 71.5 Å². The maximum atomic E-state index is 5.65. The molecule has 0 saturated heterocycles. The molecule has 2 aromatic carbocycles. The molecule has 0 amide bonds. The monoisotopic (exact) mass is 266 g/mol. The van der Waals surface area contributed by atoms with Crippen molar-refractivity contribution in [3.8, 4) is 0 Å². The third kappa shape index (κ3) is 2.22. The maximum absolute atomic E-state index is 5.65. The van der Waals surface area contributed by atoms with Gasteiger partial charge in [-0.15, -0.1) is 0 Å². The Morgan fingerprint density at radius 1 is 1.10 bits per heavy atom. The van der Waals surface area contributed by atoms with Gasteiger partial charge in [-0.05, 0) is 24.2 Å². The Balaban J connectivity index is 2.04. The van der Waals surface area contributed by atoms with Crippen LogP contribution in [0.25, 0.3) is 11.0 Å². The van der Waals surface area contributed by atoms with E-state index in [0.717, 1.165) is 22.1 Å². The summed E-state index contributed by atoms with van der Waals surface area (Å²) >= 11 is 0. The van der Waals surface area contributed by atoms with Crippen LogP contribution in [-0.2, 0) is 6.54 Å². The number of rotatable bonds is 4. The molecule has 0 saturated carbocycles. The van der Waals surface area contributed by atoms with Gasteiger partial charge in [0, 0.05) is 17.5 Å². The molecule has 0 radical (unpaired) electrons. The second kappa shape index (κ2) is 5.49. The molecule has 3 heteroatoms. The molecule has 1 atom stereocenters. The zero-order chi connectivity index (χ0) is 13.9. The fourth-order valence-corrected chi connectivity index (χ4v) is 2.57. The highest BCUT2D eigenvalue weighted by atomic mass is 16.3. The van der Waals surface area contributed by atoms with Crippen LogP contribution < -0.4 is 11.1 Å². The summed E-state index contributed by atoms with van der Waals surface area (Å²) in [5.74, 6) is 0. The quantitative estimate of drug-likeness (QED) is 0.762. The van der Waals surface area contributed by atoms with E-state index in [-0.39, 0.29) is 6.04 Å². The van der Waals surface area contributed by atoms with Crippen LogP contribution >= 0.6 is 0 Å². The van der Waals surface area contributed by atoms with E-state index < -0.39 is 0 Å². The molecule has 0 bridgehead atoms. The Bertz CT molecular complexity index is 700. The third-order valence-corrected chi connectivity index (χ3v) is 3.66. The van der Waals surface area contributed by atoms with Gasteiger partial charge in [0.1, 0.15) is 5.58 Å². The van der Waals surface area contributed by atoms with Crippen LogP contribution in [0, 0.1) is 0 Å². The predicted octanol–water partition coefficient (Wildman–Crippen LogP) is 3.20. The van der Waals surface area contributed by atoms with Crippen LogP contribution in [0.15, 0.2) is 59.2 Å². The van der Waals surface area contributed by atoms with Crippen molar-refractivity contribution in [1.82, 2.24) is 5.32 Å². The van der Waals surface area contributed by atoms with Gasteiger partial charge in [-0.1, -0.05) is 42.5 Å². The van der Waals surface area contributed by atoms with Crippen LogP contribution in [0.4, 0.5) is 0 Å². The largest absolute Gasteiger partial charge is 0.464 e. The fraction of sp³-hybridized carbons (Fsp3) is 0.176. The Morgan fingerprint density at radius 2 is 1.85 bits per heavy atom. The van der Waals surface area contributed by atoms with Crippen LogP contribution in [-0.4, -0.2) is 7.05 Å². The molecule has 0 spiro atoms. The fourth-order valence-electron chi connectivity index (χ4n) is 2.57. The second-order valence-corrected chi connectivity index (χ2v) is 4.85. The van der Waals surface area contributed by atoms with Crippen LogP contribution in [0.5, 0.6) is 0 Å². The number of para-hydroxylation sites is 1. The molecule has 102 valence electrons. The molecular weight excluding hydrogens is 248 g/mol. The first kappa shape index (κ1) is 12.9. The van der Waals surface area contributed by atoms with Gasteiger partial charge in [-0.3, -0.25) is 0 Å². The van der Waals surface area contributed by atoms with E-state index >= 15 is 0 Å². The molecular formula is C17H18N2O. The van der Waals surface area contributed by atoms with E-state index in [0.29, 0.717) is 6.54 Å². The molecule has 0 fully saturated rings. The van der Waals surface area contributed by atoms with E-state index in [1.807, 2.05) is 31.5 Å². The summed E-state index contributed by atoms with van der Waals surface area (Å²) < 4.78 is 5.64. The molecule has 0 aliphatic heterocycles.